The summed E-state index contributed by atoms with van der Waals surface area (Å²) in [4.78, 5) is 58.2. The van der Waals surface area contributed by atoms with Gasteiger partial charge in [0.05, 0.1) is 28.8 Å². The van der Waals surface area contributed by atoms with Gasteiger partial charge >= 0.3 is 0 Å². The standard InChI is InChI=1S/C39H54N6O6S/c1-25-35(52-24-43-25)29-14-11-28(12-15-29)21-42-37(49)32-20-31(46)22-45(32)38(50)36(39(2,3)4)44-34(48)18-13-27-9-7-26(8-10-27)6-5-19-51-23-30(40)16-17-33(41)47/h7-12,14-15,24,30-32,36,46H,5-6,13,16-23,40H2,1-4H3,(H2,41,47)(H,42,49)(H,44,48)/t30-,31+,32-,36+/m0/s1. The molecule has 0 bridgehead atoms. The van der Waals surface area contributed by atoms with Gasteiger partial charge in [0.25, 0.3) is 0 Å². The smallest absolute Gasteiger partial charge is 0.246 e. The highest BCUT2D eigenvalue weighted by atomic mass is 32.1. The molecule has 12 nitrogen and oxygen atoms in total. The highest BCUT2D eigenvalue weighted by molar-refractivity contribution is 7.13. The summed E-state index contributed by atoms with van der Waals surface area (Å²) in [6.45, 7) is 8.83. The molecule has 2 heterocycles. The molecule has 4 atom stereocenters. The Kier molecular flexibility index (Phi) is 14.9. The molecule has 0 aliphatic carbocycles. The molecule has 1 aliphatic rings. The number of aromatic nitrogens is 1. The Balaban J connectivity index is 1.25. The van der Waals surface area contributed by atoms with Crippen LogP contribution in [0.4, 0.5) is 0 Å². The van der Waals surface area contributed by atoms with Crippen LogP contribution in [-0.2, 0) is 43.3 Å². The Morgan fingerprint density at radius 1 is 1.02 bits per heavy atom. The SMILES string of the molecule is Cc1ncsc1-c1ccc(CNC(=O)[C@@H]2C[C@@H](O)CN2C(=O)[C@@H](NC(=O)CCc2ccc(CCCOC[C@@H](N)CCC(N)=O)cc2)C(C)(C)C)cc1. The van der Waals surface area contributed by atoms with Gasteiger partial charge in [-0.05, 0) is 60.3 Å². The number of hydrogen-bond donors (Lipinski definition) is 5. The van der Waals surface area contributed by atoms with Gasteiger partial charge in [-0.15, -0.1) is 11.3 Å². The van der Waals surface area contributed by atoms with Crippen LogP contribution in [0.1, 0.15) is 75.3 Å². The molecule has 0 spiro atoms. The summed E-state index contributed by atoms with van der Waals surface area (Å²) in [5.41, 5.74) is 17.4. The summed E-state index contributed by atoms with van der Waals surface area (Å²) in [5, 5.41) is 16.4. The first-order valence-electron chi connectivity index (χ1n) is 18.0. The number of carbonyl (C=O) groups is 4. The molecule has 1 fully saturated rings. The van der Waals surface area contributed by atoms with Gasteiger partial charge in [0.1, 0.15) is 12.1 Å². The van der Waals surface area contributed by atoms with E-state index in [9.17, 15) is 24.3 Å². The van der Waals surface area contributed by atoms with Crippen LogP contribution in [0.15, 0.2) is 54.0 Å². The van der Waals surface area contributed by atoms with Crippen molar-refractivity contribution in [2.75, 3.05) is 19.8 Å². The molecular weight excluding hydrogens is 681 g/mol. The highest BCUT2D eigenvalue weighted by Gasteiger charge is 2.44. The summed E-state index contributed by atoms with van der Waals surface area (Å²) in [7, 11) is 0. The van der Waals surface area contributed by atoms with Crippen molar-refractivity contribution in [1.29, 1.82) is 0 Å². The van der Waals surface area contributed by atoms with Gasteiger partial charge in [-0.2, -0.15) is 0 Å². The maximum atomic E-state index is 13.9. The van der Waals surface area contributed by atoms with E-state index in [1.165, 1.54) is 4.90 Å². The lowest BCUT2D eigenvalue weighted by Crippen LogP contribution is -2.57. The summed E-state index contributed by atoms with van der Waals surface area (Å²) in [6.07, 6.45) is 2.40. The summed E-state index contributed by atoms with van der Waals surface area (Å²) in [6, 6.07) is 14.0. The third-order valence-electron chi connectivity index (χ3n) is 9.22. The van der Waals surface area contributed by atoms with Gasteiger partial charge in [-0.1, -0.05) is 69.3 Å². The number of primary amides is 1. The Bertz CT molecular complexity index is 1640. The van der Waals surface area contributed by atoms with Gasteiger partial charge < -0.3 is 36.8 Å². The number of nitrogens with two attached hydrogens (primary N) is 2. The van der Waals surface area contributed by atoms with Crippen molar-refractivity contribution in [2.45, 2.75) is 103 Å². The van der Waals surface area contributed by atoms with Gasteiger partial charge in [-0.3, -0.25) is 19.2 Å². The minimum Gasteiger partial charge on any atom is -0.391 e. The Labute approximate surface area is 310 Å². The third kappa shape index (κ3) is 12.2. The number of thiazole rings is 1. The van der Waals surface area contributed by atoms with Crippen LogP contribution in [0.2, 0.25) is 0 Å². The summed E-state index contributed by atoms with van der Waals surface area (Å²) < 4.78 is 5.63. The molecule has 2 aromatic carbocycles. The van der Waals surface area contributed by atoms with Crippen LogP contribution >= 0.6 is 11.3 Å². The second-order valence-corrected chi connectivity index (χ2v) is 15.6. The number of carbonyl (C=O) groups excluding carboxylic acids is 4. The topological polar surface area (TPSA) is 190 Å². The molecule has 1 aromatic heterocycles. The number of hydrogen-bond acceptors (Lipinski definition) is 9. The van der Waals surface area contributed by atoms with E-state index in [-0.39, 0.29) is 62.0 Å². The van der Waals surface area contributed by atoms with Gasteiger partial charge in [0.15, 0.2) is 0 Å². The minimum absolute atomic E-state index is 0.0191. The maximum Gasteiger partial charge on any atom is 0.246 e. The Morgan fingerprint density at radius 2 is 1.67 bits per heavy atom. The van der Waals surface area contributed by atoms with E-state index >= 15 is 0 Å². The van der Waals surface area contributed by atoms with Crippen molar-refractivity contribution in [3.63, 3.8) is 0 Å². The normalized spacial score (nSPS) is 17.1. The van der Waals surface area contributed by atoms with Crippen molar-refractivity contribution >= 4 is 35.0 Å². The highest BCUT2D eigenvalue weighted by Crippen LogP contribution is 2.28. The molecule has 0 saturated carbocycles. The van der Waals surface area contributed by atoms with Crippen LogP contribution < -0.4 is 22.1 Å². The molecule has 4 rings (SSSR count). The van der Waals surface area contributed by atoms with Crippen LogP contribution in [0.3, 0.4) is 0 Å². The predicted molar refractivity (Wildman–Crippen MR) is 202 cm³/mol. The average Bonchev–Trinajstić information content (AvgIpc) is 3.72. The first-order chi connectivity index (χ1) is 24.7. The van der Waals surface area contributed by atoms with Crippen molar-refractivity contribution < 1.29 is 29.0 Å². The lowest BCUT2D eigenvalue weighted by Gasteiger charge is -2.35. The molecule has 52 heavy (non-hydrogen) atoms. The lowest BCUT2D eigenvalue weighted by atomic mass is 9.85. The van der Waals surface area contributed by atoms with Gasteiger partial charge in [0, 0.05) is 45.0 Å². The molecule has 13 heteroatoms. The van der Waals surface area contributed by atoms with E-state index in [2.05, 4.69) is 15.6 Å². The van der Waals surface area contributed by atoms with Crippen LogP contribution in [0, 0.1) is 12.3 Å². The van der Waals surface area contributed by atoms with Crippen molar-refractivity contribution in [3.05, 3.63) is 76.4 Å². The number of rotatable bonds is 18. The number of aliphatic hydroxyl groups excluding tert-OH is 1. The fourth-order valence-corrected chi connectivity index (χ4v) is 6.98. The first kappa shape index (κ1) is 40.6. The van der Waals surface area contributed by atoms with Crippen molar-refractivity contribution in [3.8, 4) is 10.4 Å². The minimum atomic E-state index is -0.884. The third-order valence-corrected chi connectivity index (χ3v) is 10.2. The number of amides is 4. The number of aryl methyl sites for hydroxylation is 3. The molecule has 0 radical (unpaired) electrons. The second-order valence-electron chi connectivity index (χ2n) is 14.7. The Hall–Kier alpha value is -4.17. The number of aliphatic hydroxyl groups is 1. The second kappa shape index (κ2) is 19.1. The summed E-state index contributed by atoms with van der Waals surface area (Å²) >= 11 is 1.58. The van der Waals surface area contributed by atoms with Crippen LogP contribution in [-0.4, -0.2) is 82.6 Å². The van der Waals surface area contributed by atoms with Gasteiger partial charge in [-0.25, -0.2) is 4.98 Å². The molecule has 1 saturated heterocycles. The number of ether oxygens (including phenoxy) is 1. The van der Waals surface area contributed by atoms with E-state index in [4.69, 9.17) is 16.2 Å². The lowest BCUT2D eigenvalue weighted by molar-refractivity contribution is -0.144. The summed E-state index contributed by atoms with van der Waals surface area (Å²) in [5.74, 6) is -1.36. The van der Waals surface area contributed by atoms with Gasteiger partial charge in [0.2, 0.25) is 23.6 Å². The largest absolute Gasteiger partial charge is 0.391 e. The zero-order valence-corrected chi connectivity index (χ0v) is 31.5. The van der Waals surface area contributed by atoms with E-state index < -0.39 is 23.6 Å². The quantitative estimate of drug-likeness (QED) is 0.123. The number of β-amino-alcohol motifs (C(OH)–C–C–N with tert-alkyl or cyclic N) is 1. The van der Waals surface area contributed by atoms with Crippen LogP contribution in [0.5, 0.6) is 0 Å². The molecule has 1 aliphatic heterocycles. The number of likely N-dealkylation sites (tertiary alicyclic amines) is 1. The average molecular weight is 735 g/mol. The number of nitrogens with one attached hydrogen (secondary N) is 2. The maximum absolute atomic E-state index is 13.9. The molecular formula is C39H54N6O6S. The first-order valence-corrected chi connectivity index (χ1v) is 18.8. The number of nitrogens with zero attached hydrogens (tertiary/aromatic N) is 2. The van der Waals surface area contributed by atoms with E-state index in [1.807, 2.05) is 81.7 Å². The van der Waals surface area contributed by atoms with Crippen molar-refractivity contribution in [1.82, 2.24) is 20.5 Å². The van der Waals surface area contributed by atoms with E-state index in [0.717, 1.165) is 45.7 Å². The predicted octanol–water partition coefficient (Wildman–Crippen LogP) is 3.40. The van der Waals surface area contributed by atoms with Crippen LogP contribution in [0.25, 0.3) is 10.4 Å². The zero-order valence-electron chi connectivity index (χ0n) is 30.7. The Morgan fingerprint density at radius 3 is 2.29 bits per heavy atom. The van der Waals surface area contributed by atoms with Crippen molar-refractivity contribution in [2.24, 2.45) is 16.9 Å². The zero-order chi connectivity index (χ0) is 37.8. The molecule has 3 aromatic rings. The van der Waals surface area contributed by atoms with E-state index in [1.54, 1.807) is 11.3 Å². The molecule has 7 N–H and O–H groups in total. The monoisotopic (exact) mass is 734 g/mol. The molecule has 282 valence electrons. The van der Waals surface area contributed by atoms with E-state index in [0.29, 0.717) is 26.1 Å². The fraction of sp³-hybridized carbons (Fsp3) is 0.513. The fourth-order valence-electron chi connectivity index (χ4n) is 6.17. The number of benzene rings is 2. The molecule has 4 amide bonds. The molecule has 0 unspecified atom stereocenters.